The van der Waals surface area contributed by atoms with Crippen LogP contribution in [0.4, 0.5) is 4.39 Å². The Morgan fingerprint density at radius 2 is 2.18 bits per heavy atom. The number of halogens is 1. The molecule has 0 rings (SSSR count). The summed E-state index contributed by atoms with van der Waals surface area (Å²) in [5.41, 5.74) is 0.319. The van der Waals surface area contributed by atoms with Gasteiger partial charge in [0.25, 0.3) is 0 Å². The van der Waals surface area contributed by atoms with Gasteiger partial charge in [0, 0.05) is 0 Å². The van der Waals surface area contributed by atoms with Gasteiger partial charge in [0.15, 0.2) is 0 Å². The number of hydrogen-bond acceptors (Lipinski definition) is 2. The maximum Gasteiger partial charge on any atom is 0.367 e. The Morgan fingerprint density at radius 1 is 1.64 bits per heavy atom. The van der Waals surface area contributed by atoms with Gasteiger partial charge in [-0.3, -0.25) is 0 Å². The second kappa shape index (κ2) is 4.66. The van der Waals surface area contributed by atoms with Gasteiger partial charge in [-0.2, -0.15) is 4.39 Å². The highest BCUT2D eigenvalue weighted by molar-refractivity contribution is 5.86. The summed E-state index contributed by atoms with van der Waals surface area (Å²) in [6, 6.07) is 0. The van der Waals surface area contributed by atoms with Crippen LogP contribution in [0.2, 0.25) is 0 Å². The highest BCUT2D eigenvalue weighted by Crippen LogP contribution is 2.06. The zero-order valence-electron chi connectivity index (χ0n) is 6.69. The Hall–Kier alpha value is -1.12. The molecule has 0 fully saturated rings. The lowest BCUT2D eigenvalue weighted by Crippen LogP contribution is -2.05. The molecule has 0 spiro atoms. The van der Waals surface area contributed by atoms with Crippen LogP contribution in [-0.2, 0) is 9.53 Å². The lowest BCUT2D eigenvalue weighted by molar-refractivity contribution is -0.139. The second-order valence-electron chi connectivity index (χ2n) is 2.20. The molecule has 0 saturated carbocycles. The van der Waals surface area contributed by atoms with E-state index in [-0.39, 0.29) is 6.61 Å². The van der Waals surface area contributed by atoms with Crippen LogP contribution >= 0.6 is 0 Å². The quantitative estimate of drug-likeness (QED) is 0.356. The fourth-order valence-electron chi connectivity index (χ4n) is 0.402. The van der Waals surface area contributed by atoms with Crippen LogP contribution in [0.15, 0.2) is 24.1 Å². The number of allylic oxidation sites excluding steroid dienone is 1. The van der Waals surface area contributed by atoms with Crippen molar-refractivity contribution >= 4 is 5.97 Å². The van der Waals surface area contributed by atoms with E-state index < -0.39 is 11.8 Å². The highest BCUT2D eigenvalue weighted by atomic mass is 19.1. The molecule has 0 saturated heterocycles. The van der Waals surface area contributed by atoms with Gasteiger partial charge in [0.05, 0.1) is 0 Å². The third-order valence-corrected chi connectivity index (χ3v) is 0.950. The maximum absolute atomic E-state index is 12.6. The van der Waals surface area contributed by atoms with E-state index in [9.17, 15) is 9.18 Å². The van der Waals surface area contributed by atoms with Gasteiger partial charge in [-0.15, -0.1) is 0 Å². The minimum absolute atomic E-state index is 0.0412. The molecule has 0 aromatic rings. The Bertz CT molecular complexity index is 190. The molecule has 0 N–H and O–H groups in total. The minimum atomic E-state index is -0.926. The summed E-state index contributed by atoms with van der Waals surface area (Å²) in [7, 11) is 0. The van der Waals surface area contributed by atoms with Gasteiger partial charge in [-0.1, -0.05) is 12.7 Å². The topological polar surface area (TPSA) is 26.3 Å². The molecule has 0 aliphatic carbocycles. The van der Waals surface area contributed by atoms with Gasteiger partial charge < -0.3 is 4.74 Å². The predicted octanol–water partition coefficient (Wildman–Crippen LogP) is 1.98. The molecule has 0 radical (unpaired) electrons. The van der Waals surface area contributed by atoms with E-state index in [4.69, 9.17) is 0 Å². The number of rotatable bonds is 3. The maximum atomic E-state index is 12.6. The van der Waals surface area contributed by atoms with Crippen LogP contribution in [0, 0.1) is 0 Å². The van der Waals surface area contributed by atoms with Gasteiger partial charge in [-0.05, 0) is 19.4 Å². The van der Waals surface area contributed by atoms with E-state index in [1.54, 1.807) is 0 Å². The van der Waals surface area contributed by atoms with Crippen molar-refractivity contribution in [3.05, 3.63) is 24.1 Å². The summed E-state index contributed by atoms with van der Waals surface area (Å²) >= 11 is 0. The third kappa shape index (κ3) is 3.55. The SMILES string of the molecule is C=CCOC(=O)C(F)=C(C)C. The number of carbonyl (C=O) groups is 1. The van der Waals surface area contributed by atoms with E-state index in [0.29, 0.717) is 5.57 Å². The summed E-state index contributed by atoms with van der Waals surface area (Å²) in [5, 5.41) is 0. The van der Waals surface area contributed by atoms with Gasteiger partial charge >= 0.3 is 5.97 Å². The summed E-state index contributed by atoms with van der Waals surface area (Å²) in [5.74, 6) is -1.75. The van der Waals surface area contributed by atoms with Crippen molar-refractivity contribution in [2.45, 2.75) is 13.8 Å². The molecule has 0 amide bonds. The molecule has 2 nitrogen and oxygen atoms in total. The molecule has 0 bridgehead atoms. The Balaban J connectivity index is 4.04. The summed E-state index contributed by atoms with van der Waals surface area (Å²) in [6.45, 7) is 6.37. The molecule has 3 heteroatoms. The van der Waals surface area contributed by atoms with Crippen molar-refractivity contribution in [3.63, 3.8) is 0 Å². The van der Waals surface area contributed by atoms with Gasteiger partial charge in [0.1, 0.15) is 6.61 Å². The van der Waals surface area contributed by atoms with Crippen molar-refractivity contribution in [1.82, 2.24) is 0 Å². The van der Waals surface area contributed by atoms with E-state index in [2.05, 4.69) is 11.3 Å². The Morgan fingerprint density at radius 3 is 2.55 bits per heavy atom. The van der Waals surface area contributed by atoms with Crippen molar-refractivity contribution < 1.29 is 13.9 Å². The molecule has 0 aliphatic heterocycles. The minimum Gasteiger partial charge on any atom is -0.456 e. The molecule has 11 heavy (non-hydrogen) atoms. The summed E-state index contributed by atoms with van der Waals surface area (Å²) < 4.78 is 17.0. The molecular weight excluding hydrogens is 147 g/mol. The number of esters is 1. The van der Waals surface area contributed by atoms with Crippen LogP contribution in [0.1, 0.15) is 13.8 Å². The van der Waals surface area contributed by atoms with Crippen molar-refractivity contribution in [3.8, 4) is 0 Å². The Kier molecular flexibility index (Phi) is 4.18. The predicted molar refractivity (Wildman–Crippen MR) is 40.6 cm³/mol. The third-order valence-electron chi connectivity index (χ3n) is 0.950. The highest BCUT2D eigenvalue weighted by Gasteiger charge is 2.10. The first-order valence-corrected chi connectivity index (χ1v) is 3.20. The smallest absolute Gasteiger partial charge is 0.367 e. The molecular formula is C8H11FO2. The first-order valence-electron chi connectivity index (χ1n) is 3.20. The van der Waals surface area contributed by atoms with Crippen LogP contribution in [0.25, 0.3) is 0 Å². The average molecular weight is 158 g/mol. The van der Waals surface area contributed by atoms with Crippen LogP contribution in [-0.4, -0.2) is 12.6 Å². The number of carbonyl (C=O) groups excluding carboxylic acids is 1. The lowest BCUT2D eigenvalue weighted by atomic mass is 10.3. The molecule has 0 heterocycles. The molecule has 62 valence electrons. The zero-order valence-corrected chi connectivity index (χ0v) is 6.69. The largest absolute Gasteiger partial charge is 0.456 e. The molecule has 0 aliphatic rings. The standard InChI is InChI=1S/C8H11FO2/c1-4-5-11-8(10)7(9)6(2)3/h4H,1,5H2,2-3H3. The van der Waals surface area contributed by atoms with Crippen LogP contribution in [0.5, 0.6) is 0 Å². The normalized spacial score (nSPS) is 8.64. The van der Waals surface area contributed by atoms with E-state index in [1.165, 1.54) is 19.9 Å². The van der Waals surface area contributed by atoms with Gasteiger partial charge in [-0.25, -0.2) is 4.79 Å². The summed E-state index contributed by atoms with van der Waals surface area (Å²) in [4.78, 5) is 10.6. The van der Waals surface area contributed by atoms with Crippen LogP contribution in [0.3, 0.4) is 0 Å². The lowest BCUT2D eigenvalue weighted by Gasteiger charge is -1.99. The van der Waals surface area contributed by atoms with Crippen LogP contribution < -0.4 is 0 Å². The fraction of sp³-hybridized carbons (Fsp3) is 0.375. The Labute approximate surface area is 65.4 Å². The molecule has 0 unspecified atom stereocenters. The molecule has 0 aromatic carbocycles. The van der Waals surface area contributed by atoms with Gasteiger partial charge in [0.2, 0.25) is 5.83 Å². The number of ether oxygens (including phenoxy) is 1. The van der Waals surface area contributed by atoms with Crippen molar-refractivity contribution in [2.75, 3.05) is 6.61 Å². The number of hydrogen-bond donors (Lipinski definition) is 0. The monoisotopic (exact) mass is 158 g/mol. The van der Waals surface area contributed by atoms with E-state index in [0.717, 1.165) is 0 Å². The van der Waals surface area contributed by atoms with Crippen molar-refractivity contribution in [1.29, 1.82) is 0 Å². The second-order valence-corrected chi connectivity index (χ2v) is 2.20. The average Bonchev–Trinajstić information content (AvgIpc) is 1.98. The fourth-order valence-corrected chi connectivity index (χ4v) is 0.402. The van der Waals surface area contributed by atoms with E-state index in [1.807, 2.05) is 0 Å². The zero-order chi connectivity index (χ0) is 8.85. The molecule has 0 aromatic heterocycles. The van der Waals surface area contributed by atoms with Crippen molar-refractivity contribution in [2.24, 2.45) is 0 Å². The summed E-state index contributed by atoms with van der Waals surface area (Å²) in [6.07, 6.45) is 1.39. The molecule has 0 atom stereocenters. The van der Waals surface area contributed by atoms with E-state index >= 15 is 0 Å². The first kappa shape index (κ1) is 9.88. The first-order chi connectivity index (χ1) is 5.09.